The molecule has 0 spiro atoms. The maximum Gasteiger partial charge on any atom is 0.0415 e. The predicted molar refractivity (Wildman–Crippen MR) is 54.6 cm³/mol. The van der Waals surface area contributed by atoms with E-state index >= 15 is 0 Å². The molecule has 0 aromatic rings. The highest BCUT2D eigenvalue weighted by Gasteiger charge is 2.20. The number of rotatable bonds is 0. The first-order valence-electron chi connectivity index (χ1n) is 3.55. The molecule has 0 saturated carbocycles. The molecule has 0 amide bonds. The fourth-order valence-corrected chi connectivity index (χ4v) is 2.65. The summed E-state index contributed by atoms with van der Waals surface area (Å²) < 4.78 is 0.362. The zero-order valence-corrected chi connectivity index (χ0v) is 8.90. The Morgan fingerprint density at radius 2 is 2.10 bits per heavy atom. The zero-order chi connectivity index (χ0) is 7.78. The molecule has 0 heterocycles. The predicted octanol–water partition coefficient (Wildman–Crippen LogP) is 3.48. The standard InChI is InChI=1S/C9H13I/c1-7-4-8(2)6-9(3,10)5-7/h4-5H,6H2,1-3H3. The summed E-state index contributed by atoms with van der Waals surface area (Å²) in [6, 6.07) is 0. The number of alkyl halides is 1. The van der Waals surface area contributed by atoms with Crippen LogP contribution in [-0.2, 0) is 0 Å². The Kier molecular flexibility index (Phi) is 2.23. The van der Waals surface area contributed by atoms with Gasteiger partial charge in [0.15, 0.2) is 0 Å². The van der Waals surface area contributed by atoms with Crippen LogP contribution in [0.1, 0.15) is 27.2 Å². The van der Waals surface area contributed by atoms with Gasteiger partial charge in [-0.15, -0.1) is 0 Å². The molecule has 0 radical (unpaired) electrons. The molecule has 0 saturated heterocycles. The molecule has 1 unspecified atom stereocenters. The second-order valence-corrected chi connectivity index (χ2v) is 5.80. The summed E-state index contributed by atoms with van der Waals surface area (Å²) >= 11 is 2.50. The zero-order valence-electron chi connectivity index (χ0n) is 6.74. The molecular weight excluding hydrogens is 235 g/mol. The van der Waals surface area contributed by atoms with Gasteiger partial charge in [-0.3, -0.25) is 0 Å². The van der Waals surface area contributed by atoms with E-state index in [0.29, 0.717) is 3.42 Å². The highest BCUT2D eigenvalue weighted by molar-refractivity contribution is 14.1. The fraction of sp³-hybridized carbons (Fsp3) is 0.556. The van der Waals surface area contributed by atoms with Gasteiger partial charge in [-0.2, -0.15) is 0 Å². The van der Waals surface area contributed by atoms with Crippen LogP contribution in [0.5, 0.6) is 0 Å². The van der Waals surface area contributed by atoms with Crippen LogP contribution in [-0.4, -0.2) is 3.42 Å². The lowest BCUT2D eigenvalue weighted by atomic mass is 9.93. The summed E-state index contributed by atoms with van der Waals surface area (Å²) in [5.41, 5.74) is 2.90. The molecule has 10 heavy (non-hydrogen) atoms. The van der Waals surface area contributed by atoms with Gasteiger partial charge < -0.3 is 0 Å². The quantitative estimate of drug-likeness (QED) is 0.454. The first kappa shape index (κ1) is 8.31. The van der Waals surface area contributed by atoms with Crippen molar-refractivity contribution in [3.63, 3.8) is 0 Å². The average Bonchev–Trinajstić information content (AvgIpc) is 1.54. The summed E-state index contributed by atoms with van der Waals surface area (Å²) in [4.78, 5) is 0. The lowest BCUT2D eigenvalue weighted by Crippen LogP contribution is -2.15. The maximum atomic E-state index is 2.50. The molecule has 0 N–H and O–H groups in total. The van der Waals surface area contributed by atoms with E-state index in [0.717, 1.165) is 0 Å². The SMILES string of the molecule is CC1=CC(C)(I)CC(C)=C1. The van der Waals surface area contributed by atoms with Crippen molar-refractivity contribution in [1.29, 1.82) is 0 Å². The average molecular weight is 248 g/mol. The van der Waals surface area contributed by atoms with Crippen LogP contribution in [0.4, 0.5) is 0 Å². The topological polar surface area (TPSA) is 0 Å². The van der Waals surface area contributed by atoms with Gasteiger partial charge in [0.05, 0.1) is 0 Å². The van der Waals surface area contributed by atoms with Crippen molar-refractivity contribution in [2.75, 3.05) is 0 Å². The van der Waals surface area contributed by atoms with Crippen molar-refractivity contribution >= 4 is 22.6 Å². The second-order valence-electron chi connectivity index (χ2n) is 3.33. The molecule has 0 aromatic heterocycles. The van der Waals surface area contributed by atoms with Crippen LogP contribution in [0.3, 0.4) is 0 Å². The smallest absolute Gasteiger partial charge is 0.0415 e. The molecule has 0 fully saturated rings. The molecule has 1 atom stereocenters. The van der Waals surface area contributed by atoms with Gasteiger partial charge in [-0.1, -0.05) is 45.9 Å². The second kappa shape index (κ2) is 2.68. The van der Waals surface area contributed by atoms with E-state index in [2.05, 4.69) is 55.5 Å². The summed E-state index contributed by atoms with van der Waals surface area (Å²) in [5.74, 6) is 0. The van der Waals surface area contributed by atoms with Gasteiger partial charge in [0.1, 0.15) is 0 Å². The fourth-order valence-electron chi connectivity index (χ4n) is 1.55. The van der Waals surface area contributed by atoms with E-state index in [1.165, 1.54) is 17.6 Å². The summed E-state index contributed by atoms with van der Waals surface area (Å²) in [6.45, 7) is 6.64. The van der Waals surface area contributed by atoms with Crippen LogP contribution in [0, 0.1) is 0 Å². The minimum Gasteiger partial charge on any atom is -0.0742 e. The Balaban J connectivity index is 2.88. The van der Waals surface area contributed by atoms with Gasteiger partial charge >= 0.3 is 0 Å². The van der Waals surface area contributed by atoms with E-state index in [-0.39, 0.29) is 0 Å². The molecule has 0 aliphatic heterocycles. The Morgan fingerprint density at radius 3 is 2.50 bits per heavy atom. The Hall–Kier alpha value is 0.210. The number of hydrogen-bond donors (Lipinski definition) is 0. The van der Waals surface area contributed by atoms with E-state index in [1.807, 2.05) is 0 Å². The van der Waals surface area contributed by atoms with Gasteiger partial charge in [-0.05, 0) is 27.2 Å². The molecule has 1 aliphatic rings. The number of halogens is 1. The molecule has 0 aromatic carbocycles. The third kappa shape index (κ3) is 2.11. The van der Waals surface area contributed by atoms with E-state index < -0.39 is 0 Å². The highest BCUT2D eigenvalue weighted by Crippen LogP contribution is 2.33. The maximum absolute atomic E-state index is 2.50. The van der Waals surface area contributed by atoms with Gasteiger partial charge in [0.25, 0.3) is 0 Å². The third-order valence-electron chi connectivity index (χ3n) is 1.63. The van der Waals surface area contributed by atoms with Crippen molar-refractivity contribution in [2.45, 2.75) is 30.6 Å². The molecule has 56 valence electrons. The summed E-state index contributed by atoms with van der Waals surface area (Å²) in [7, 11) is 0. The van der Waals surface area contributed by atoms with Crippen molar-refractivity contribution in [3.8, 4) is 0 Å². The van der Waals surface area contributed by atoms with Crippen molar-refractivity contribution < 1.29 is 0 Å². The van der Waals surface area contributed by atoms with Gasteiger partial charge in [0.2, 0.25) is 0 Å². The molecule has 1 aliphatic carbocycles. The minimum absolute atomic E-state index is 0.362. The van der Waals surface area contributed by atoms with Crippen LogP contribution >= 0.6 is 22.6 Å². The molecule has 0 bridgehead atoms. The van der Waals surface area contributed by atoms with E-state index in [4.69, 9.17) is 0 Å². The largest absolute Gasteiger partial charge is 0.0742 e. The third-order valence-corrected chi connectivity index (χ3v) is 2.32. The van der Waals surface area contributed by atoms with Crippen LogP contribution in [0.2, 0.25) is 0 Å². The molecule has 0 nitrogen and oxygen atoms in total. The van der Waals surface area contributed by atoms with Crippen molar-refractivity contribution in [2.24, 2.45) is 0 Å². The monoisotopic (exact) mass is 248 g/mol. The van der Waals surface area contributed by atoms with Gasteiger partial charge in [-0.25, -0.2) is 0 Å². The van der Waals surface area contributed by atoms with Gasteiger partial charge in [0, 0.05) is 3.42 Å². The first-order chi connectivity index (χ1) is 4.49. The summed E-state index contributed by atoms with van der Waals surface area (Å²) in [5, 5.41) is 0. The highest BCUT2D eigenvalue weighted by atomic mass is 127. The van der Waals surface area contributed by atoms with Crippen LogP contribution in [0.25, 0.3) is 0 Å². The van der Waals surface area contributed by atoms with Crippen LogP contribution in [0.15, 0.2) is 23.3 Å². The number of hydrogen-bond acceptors (Lipinski definition) is 0. The first-order valence-corrected chi connectivity index (χ1v) is 4.63. The van der Waals surface area contributed by atoms with Crippen molar-refractivity contribution in [3.05, 3.63) is 23.3 Å². The molecular formula is C9H13I. The lowest BCUT2D eigenvalue weighted by molar-refractivity contribution is 0.789. The minimum atomic E-state index is 0.362. The normalized spacial score (nSPS) is 33.2. The van der Waals surface area contributed by atoms with Crippen molar-refractivity contribution in [1.82, 2.24) is 0 Å². The van der Waals surface area contributed by atoms with E-state index in [1.54, 1.807) is 0 Å². The van der Waals surface area contributed by atoms with E-state index in [9.17, 15) is 0 Å². The molecule has 1 rings (SSSR count). The molecule has 1 heteroatoms. The lowest BCUT2D eigenvalue weighted by Gasteiger charge is -2.23. The Bertz CT molecular complexity index is 197. The summed E-state index contributed by atoms with van der Waals surface area (Å²) in [6.07, 6.45) is 5.80. The van der Waals surface area contributed by atoms with Crippen LogP contribution < -0.4 is 0 Å². The Labute approximate surface area is 76.5 Å². The number of allylic oxidation sites excluding steroid dienone is 4. The Morgan fingerprint density at radius 1 is 1.50 bits per heavy atom.